The standard InChI is InChI=1S/C24H20F4N4O2/c1-34-13-20(14-2-5-17(25)6-3-14)32-22(33)9-18-8-16-11-31-23(19(16)12-29-18)15-4-7-21(30-10-15)24(26,27)28/h2-8,10,12,20H,9,11,13H2,1H3,(H,32,33)/t20-/m1/s1. The summed E-state index contributed by atoms with van der Waals surface area (Å²) in [7, 11) is 1.51. The minimum Gasteiger partial charge on any atom is -0.382 e. The Morgan fingerprint density at radius 2 is 1.88 bits per heavy atom. The number of halogens is 4. The Morgan fingerprint density at radius 1 is 1.12 bits per heavy atom. The lowest BCUT2D eigenvalue weighted by Gasteiger charge is -2.18. The van der Waals surface area contributed by atoms with Gasteiger partial charge in [-0.2, -0.15) is 13.2 Å². The highest BCUT2D eigenvalue weighted by Crippen LogP contribution is 2.29. The number of fused-ring (bicyclic) bond motifs is 1. The molecule has 0 aliphatic carbocycles. The number of carbonyl (C=O) groups excluding carboxylic acids is 1. The fourth-order valence-electron chi connectivity index (χ4n) is 3.68. The fraction of sp³-hybridized carbons (Fsp3) is 0.250. The first-order valence-corrected chi connectivity index (χ1v) is 10.3. The van der Waals surface area contributed by atoms with E-state index in [9.17, 15) is 22.4 Å². The van der Waals surface area contributed by atoms with E-state index in [2.05, 4.69) is 20.3 Å². The van der Waals surface area contributed by atoms with Crippen molar-refractivity contribution in [2.24, 2.45) is 4.99 Å². The lowest BCUT2D eigenvalue weighted by molar-refractivity contribution is -0.141. The van der Waals surface area contributed by atoms with Crippen molar-refractivity contribution in [2.45, 2.75) is 25.2 Å². The van der Waals surface area contributed by atoms with Gasteiger partial charge in [0.15, 0.2) is 0 Å². The maximum Gasteiger partial charge on any atom is 0.433 e. The third-order valence-corrected chi connectivity index (χ3v) is 5.32. The number of amides is 1. The van der Waals surface area contributed by atoms with Crippen LogP contribution in [0, 0.1) is 5.82 Å². The average molecular weight is 472 g/mol. The number of pyridine rings is 2. The summed E-state index contributed by atoms with van der Waals surface area (Å²) in [4.78, 5) is 24.9. The summed E-state index contributed by atoms with van der Waals surface area (Å²) in [5.74, 6) is -0.660. The first kappa shape index (κ1) is 23.5. The van der Waals surface area contributed by atoms with E-state index in [4.69, 9.17) is 4.74 Å². The van der Waals surface area contributed by atoms with E-state index in [-0.39, 0.29) is 24.8 Å². The van der Waals surface area contributed by atoms with Crippen molar-refractivity contribution in [3.63, 3.8) is 0 Å². The van der Waals surface area contributed by atoms with Crippen LogP contribution in [0.5, 0.6) is 0 Å². The molecule has 3 aromatic rings. The maximum absolute atomic E-state index is 13.2. The number of aliphatic imine (C=N–C) groups is 1. The Labute approximate surface area is 192 Å². The molecule has 1 N–H and O–H groups in total. The van der Waals surface area contributed by atoms with Gasteiger partial charge >= 0.3 is 6.18 Å². The first-order valence-electron chi connectivity index (χ1n) is 10.3. The molecule has 0 unspecified atom stereocenters. The minimum atomic E-state index is -4.51. The number of aromatic nitrogens is 2. The largest absolute Gasteiger partial charge is 0.433 e. The van der Waals surface area contributed by atoms with Crippen molar-refractivity contribution in [3.8, 4) is 0 Å². The van der Waals surface area contributed by atoms with Crippen molar-refractivity contribution in [1.29, 1.82) is 0 Å². The van der Waals surface area contributed by atoms with Gasteiger partial charge in [-0.05, 0) is 41.5 Å². The Balaban J connectivity index is 1.44. The highest BCUT2D eigenvalue weighted by molar-refractivity contribution is 6.14. The van der Waals surface area contributed by atoms with Crippen LogP contribution in [-0.2, 0) is 28.7 Å². The third-order valence-electron chi connectivity index (χ3n) is 5.32. The molecule has 1 amide bonds. The topological polar surface area (TPSA) is 76.5 Å². The second-order valence-corrected chi connectivity index (χ2v) is 7.73. The zero-order valence-corrected chi connectivity index (χ0v) is 18.1. The summed E-state index contributed by atoms with van der Waals surface area (Å²) >= 11 is 0. The smallest absolute Gasteiger partial charge is 0.382 e. The van der Waals surface area contributed by atoms with Gasteiger partial charge in [0.2, 0.25) is 5.91 Å². The number of nitrogens with one attached hydrogen (secondary N) is 1. The molecule has 0 saturated heterocycles. The van der Waals surface area contributed by atoms with Gasteiger partial charge in [0.25, 0.3) is 0 Å². The third kappa shape index (κ3) is 5.28. The normalized spacial score (nSPS) is 13.9. The van der Waals surface area contributed by atoms with E-state index in [0.29, 0.717) is 34.6 Å². The molecule has 4 rings (SSSR count). The predicted octanol–water partition coefficient (Wildman–Crippen LogP) is 4.03. The Morgan fingerprint density at radius 3 is 2.53 bits per heavy atom. The quantitative estimate of drug-likeness (QED) is 0.527. The van der Waals surface area contributed by atoms with Crippen LogP contribution in [0.1, 0.15) is 39.7 Å². The second kappa shape index (κ2) is 9.68. The van der Waals surface area contributed by atoms with E-state index < -0.39 is 17.9 Å². The highest BCUT2D eigenvalue weighted by atomic mass is 19.4. The molecule has 1 atom stereocenters. The number of methoxy groups -OCH3 is 1. The Hall–Kier alpha value is -3.66. The van der Waals surface area contributed by atoms with E-state index in [1.165, 1.54) is 25.3 Å². The summed E-state index contributed by atoms with van der Waals surface area (Å²) in [5, 5.41) is 2.87. The Kier molecular flexibility index (Phi) is 6.69. The van der Waals surface area contributed by atoms with Crippen LogP contribution >= 0.6 is 0 Å². The van der Waals surface area contributed by atoms with Gasteiger partial charge in [0.1, 0.15) is 11.5 Å². The van der Waals surface area contributed by atoms with Gasteiger partial charge in [0, 0.05) is 30.6 Å². The van der Waals surface area contributed by atoms with Crippen molar-refractivity contribution in [1.82, 2.24) is 15.3 Å². The van der Waals surface area contributed by atoms with Gasteiger partial charge < -0.3 is 10.1 Å². The molecule has 10 heteroatoms. The summed E-state index contributed by atoms with van der Waals surface area (Å²) in [5.41, 5.74) is 2.74. The second-order valence-electron chi connectivity index (χ2n) is 7.73. The molecule has 2 aromatic heterocycles. The van der Waals surface area contributed by atoms with Gasteiger partial charge in [-0.15, -0.1) is 0 Å². The molecule has 0 radical (unpaired) electrons. The number of benzene rings is 1. The monoisotopic (exact) mass is 472 g/mol. The zero-order valence-electron chi connectivity index (χ0n) is 18.1. The van der Waals surface area contributed by atoms with Crippen LogP contribution in [0.4, 0.5) is 17.6 Å². The van der Waals surface area contributed by atoms with Crippen molar-refractivity contribution >= 4 is 11.6 Å². The number of alkyl halides is 3. The molecule has 3 heterocycles. The summed E-state index contributed by atoms with van der Waals surface area (Å²) < 4.78 is 56.7. The van der Waals surface area contributed by atoms with Crippen molar-refractivity contribution in [2.75, 3.05) is 13.7 Å². The molecule has 1 aliphatic rings. The van der Waals surface area contributed by atoms with Crippen LogP contribution < -0.4 is 5.32 Å². The van der Waals surface area contributed by atoms with Gasteiger partial charge in [-0.25, -0.2) is 4.39 Å². The molecule has 0 fully saturated rings. The molecule has 0 saturated carbocycles. The van der Waals surface area contributed by atoms with E-state index in [1.807, 2.05) is 0 Å². The van der Waals surface area contributed by atoms with E-state index in [1.54, 1.807) is 24.4 Å². The molecule has 0 spiro atoms. The molecule has 34 heavy (non-hydrogen) atoms. The van der Waals surface area contributed by atoms with Gasteiger partial charge in [0.05, 0.1) is 37.0 Å². The predicted molar refractivity (Wildman–Crippen MR) is 116 cm³/mol. The van der Waals surface area contributed by atoms with Crippen LogP contribution in [0.2, 0.25) is 0 Å². The summed E-state index contributed by atoms with van der Waals surface area (Å²) in [6.45, 7) is 0.540. The van der Waals surface area contributed by atoms with E-state index in [0.717, 1.165) is 17.8 Å². The SMILES string of the molecule is COC[C@@H](NC(=O)Cc1cc2c(cn1)C(c1ccc(C(F)(F)F)nc1)=NC2)c1ccc(F)cc1. The molecule has 1 aromatic carbocycles. The average Bonchev–Trinajstić information content (AvgIpc) is 3.22. The molecule has 0 bridgehead atoms. The van der Waals surface area contributed by atoms with Gasteiger partial charge in [-0.3, -0.25) is 19.8 Å². The number of nitrogens with zero attached hydrogens (tertiary/aromatic N) is 3. The summed E-state index contributed by atoms with van der Waals surface area (Å²) in [6.07, 6.45) is -1.80. The first-order chi connectivity index (χ1) is 16.2. The van der Waals surface area contributed by atoms with Crippen LogP contribution in [0.15, 0.2) is 59.9 Å². The van der Waals surface area contributed by atoms with Gasteiger partial charge in [-0.1, -0.05) is 12.1 Å². The number of carbonyl (C=O) groups is 1. The van der Waals surface area contributed by atoms with Crippen LogP contribution in [-0.4, -0.2) is 35.3 Å². The lowest BCUT2D eigenvalue weighted by atomic mass is 10.0. The van der Waals surface area contributed by atoms with Crippen molar-refractivity contribution in [3.05, 3.63) is 94.3 Å². The molecular weight excluding hydrogens is 452 g/mol. The zero-order chi connectivity index (χ0) is 24.3. The van der Waals surface area contributed by atoms with E-state index >= 15 is 0 Å². The van der Waals surface area contributed by atoms with Crippen LogP contribution in [0.3, 0.4) is 0 Å². The lowest BCUT2D eigenvalue weighted by Crippen LogP contribution is -2.32. The minimum absolute atomic E-state index is 0.00581. The molecule has 6 nitrogen and oxygen atoms in total. The number of rotatable bonds is 7. The fourth-order valence-corrected chi connectivity index (χ4v) is 3.68. The maximum atomic E-state index is 13.2. The van der Waals surface area contributed by atoms with Crippen molar-refractivity contribution < 1.29 is 27.1 Å². The Bertz CT molecular complexity index is 1210. The molecule has 1 aliphatic heterocycles. The highest BCUT2D eigenvalue weighted by Gasteiger charge is 2.32. The molecule has 176 valence electrons. The molecular formula is C24H20F4N4O2. The number of hydrogen-bond donors (Lipinski definition) is 1. The van der Waals surface area contributed by atoms with Crippen LogP contribution in [0.25, 0.3) is 0 Å². The number of ether oxygens (including phenoxy) is 1. The number of hydrogen-bond acceptors (Lipinski definition) is 5. The summed E-state index contributed by atoms with van der Waals surface area (Å²) in [6, 6.07) is 9.35.